The molecule has 1 N–H and O–H groups in total. The Morgan fingerprint density at radius 2 is 1.84 bits per heavy atom. The van der Waals surface area contributed by atoms with Gasteiger partial charge in [-0.15, -0.1) is 11.8 Å². The SMILES string of the molecule is CSc1cccc(-c2cc(CNC34CC5CC(CC(C5)C3)C4)no2)c1. The van der Waals surface area contributed by atoms with Gasteiger partial charge in [0.25, 0.3) is 0 Å². The van der Waals surface area contributed by atoms with E-state index in [9.17, 15) is 0 Å². The Hall–Kier alpha value is -1.26. The van der Waals surface area contributed by atoms with E-state index in [4.69, 9.17) is 4.52 Å². The van der Waals surface area contributed by atoms with Crippen LogP contribution in [0.25, 0.3) is 11.3 Å². The first-order valence-corrected chi connectivity index (χ1v) is 10.8. The summed E-state index contributed by atoms with van der Waals surface area (Å²) in [5, 5.41) is 8.23. The van der Waals surface area contributed by atoms with Gasteiger partial charge in [-0.2, -0.15) is 0 Å². The minimum absolute atomic E-state index is 0.382. The van der Waals surface area contributed by atoms with E-state index in [1.807, 2.05) is 0 Å². The van der Waals surface area contributed by atoms with Crippen molar-refractivity contribution in [3.8, 4) is 11.3 Å². The van der Waals surface area contributed by atoms with Gasteiger partial charge < -0.3 is 9.84 Å². The molecule has 1 aromatic carbocycles. The Morgan fingerprint density at radius 3 is 2.52 bits per heavy atom. The third-order valence-corrected chi connectivity index (χ3v) is 7.32. The lowest BCUT2D eigenvalue weighted by molar-refractivity contribution is -0.0208. The maximum Gasteiger partial charge on any atom is 0.167 e. The summed E-state index contributed by atoms with van der Waals surface area (Å²) in [5.41, 5.74) is 2.52. The van der Waals surface area contributed by atoms with Gasteiger partial charge in [-0.1, -0.05) is 17.3 Å². The van der Waals surface area contributed by atoms with Crippen LogP contribution in [0, 0.1) is 17.8 Å². The first-order chi connectivity index (χ1) is 12.2. The molecule has 2 aromatic rings. The molecule has 0 atom stereocenters. The molecule has 0 amide bonds. The third-order valence-electron chi connectivity index (χ3n) is 6.60. The van der Waals surface area contributed by atoms with E-state index >= 15 is 0 Å². The molecule has 4 fully saturated rings. The molecule has 6 rings (SSSR count). The molecule has 25 heavy (non-hydrogen) atoms. The summed E-state index contributed by atoms with van der Waals surface area (Å²) in [7, 11) is 0. The van der Waals surface area contributed by atoms with E-state index in [0.29, 0.717) is 5.54 Å². The first kappa shape index (κ1) is 16.0. The van der Waals surface area contributed by atoms with Crippen molar-refractivity contribution in [2.75, 3.05) is 6.26 Å². The van der Waals surface area contributed by atoms with Gasteiger partial charge in [0.05, 0.1) is 5.69 Å². The fraction of sp³-hybridized carbons (Fsp3) is 0.571. The van der Waals surface area contributed by atoms with Crippen LogP contribution in [0.3, 0.4) is 0 Å². The van der Waals surface area contributed by atoms with Crippen LogP contribution in [0.4, 0.5) is 0 Å². The number of thioether (sulfide) groups is 1. The van der Waals surface area contributed by atoms with Crippen molar-refractivity contribution in [2.24, 2.45) is 17.8 Å². The Balaban J connectivity index is 1.29. The highest BCUT2D eigenvalue weighted by Crippen LogP contribution is 2.55. The van der Waals surface area contributed by atoms with Crippen molar-refractivity contribution in [1.29, 1.82) is 0 Å². The van der Waals surface area contributed by atoms with Gasteiger partial charge in [0.15, 0.2) is 5.76 Å². The molecule has 0 unspecified atom stereocenters. The van der Waals surface area contributed by atoms with Gasteiger partial charge in [0.2, 0.25) is 0 Å². The van der Waals surface area contributed by atoms with Crippen molar-refractivity contribution in [3.63, 3.8) is 0 Å². The fourth-order valence-corrected chi connectivity index (χ4v) is 6.37. The van der Waals surface area contributed by atoms with Crippen molar-refractivity contribution in [2.45, 2.75) is 55.5 Å². The molecule has 1 heterocycles. The molecule has 4 aliphatic carbocycles. The van der Waals surface area contributed by atoms with Gasteiger partial charge in [-0.05, 0) is 74.7 Å². The van der Waals surface area contributed by atoms with Gasteiger partial charge in [0, 0.05) is 28.6 Å². The van der Waals surface area contributed by atoms with E-state index in [-0.39, 0.29) is 0 Å². The average molecular weight is 355 g/mol. The maximum absolute atomic E-state index is 5.62. The zero-order valence-corrected chi connectivity index (χ0v) is 15.6. The molecule has 1 aromatic heterocycles. The number of hydrogen-bond donors (Lipinski definition) is 1. The average Bonchev–Trinajstić information content (AvgIpc) is 3.08. The van der Waals surface area contributed by atoms with E-state index in [1.165, 1.54) is 43.4 Å². The van der Waals surface area contributed by atoms with Crippen LogP contribution in [0.1, 0.15) is 44.2 Å². The van der Waals surface area contributed by atoms with Crippen molar-refractivity contribution < 1.29 is 4.52 Å². The Bertz CT molecular complexity index is 733. The molecule has 0 saturated heterocycles. The molecule has 4 aliphatic rings. The zero-order chi connectivity index (χ0) is 16.9. The quantitative estimate of drug-likeness (QED) is 0.756. The van der Waals surface area contributed by atoms with Crippen molar-refractivity contribution in [3.05, 3.63) is 36.0 Å². The van der Waals surface area contributed by atoms with Gasteiger partial charge >= 0.3 is 0 Å². The summed E-state index contributed by atoms with van der Waals surface area (Å²) in [6.07, 6.45) is 10.7. The summed E-state index contributed by atoms with van der Waals surface area (Å²) >= 11 is 1.75. The molecular weight excluding hydrogens is 328 g/mol. The lowest BCUT2D eigenvalue weighted by atomic mass is 9.53. The minimum Gasteiger partial charge on any atom is -0.356 e. The van der Waals surface area contributed by atoms with Gasteiger partial charge in [-0.25, -0.2) is 0 Å². The van der Waals surface area contributed by atoms with E-state index in [0.717, 1.165) is 41.3 Å². The first-order valence-electron chi connectivity index (χ1n) is 9.56. The highest BCUT2D eigenvalue weighted by molar-refractivity contribution is 7.98. The molecule has 4 bridgehead atoms. The molecule has 3 nitrogen and oxygen atoms in total. The van der Waals surface area contributed by atoms with Crippen LogP contribution in [0.15, 0.2) is 39.8 Å². The normalized spacial score (nSPS) is 33.1. The zero-order valence-electron chi connectivity index (χ0n) is 14.8. The Kier molecular flexibility index (Phi) is 3.94. The molecule has 4 heteroatoms. The van der Waals surface area contributed by atoms with Crippen LogP contribution in [0.5, 0.6) is 0 Å². The van der Waals surface area contributed by atoms with Gasteiger partial charge in [-0.3, -0.25) is 0 Å². The van der Waals surface area contributed by atoms with E-state index < -0.39 is 0 Å². The van der Waals surface area contributed by atoms with Gasteiger partial charge in [0.1, 0.15) is 0 Å². The topological polar surface area (TPSA) is 38.1 Å². The summed E-state index contributed by atoms with van der Waals surface area (Å²) in [5.74, 6) is 3.79. The second kappa shape index (κ2) is 6.17. The molecule has 0 aliphatic heterocycles. The van der Waals surface area contributed by atoms with Crippen LogP contribution in [-0.4, -0.2) is 17.0 Å². The second-order valence-electron chi connectivity index (χ2n) is 8.47. The third kappa shape index (κ3) is 3.04. The number of rotatable bonds is 5. The molecule has 132 valence electrons. The standard InChI is InChI=1S/C21H26N2OS/c1-25-19-4-2-3-17(8-19)20-9-18(23-24-20)13-22-21-10-14-5-15(11-21)7-16(6-14)12-21/h2-4,8-9,14-16,22H,5-7,10-13H2,1H3. The lowest BCUT2D eigenvalue weighted by Crippen LogP contribution is -2.58. The summed E-state index contributed by atoms with van der Waals surface area (Å²) in [6, 6.07) is 10.6. The van der Waals surface area contributed by atoms with Crippen molar-refractivity contribution in [1.82, 2.24) is 10.5 Å². The molecule has 0 spiro atoms. The number of hydrogen-bond acceptors (Lipinski definition) is 4. The van der Waals surface area contributed by atoms with E-state index in [2.05, 4.69) is 47.1 Å². The second-order valence-corrected chi connectivity index (χ2v) is 9.35. The van der Waals surface area contributed by atoms with Crippen molar-refractivity contribution >= 4 is 11.8 Å². The molecule has 0 radical (unpaired) electrons. The number of nitrogens with one attached hydrogen (secondary N) is 1. The van der Waals surface area contributed by atoms with Crippen LogP contribution < -0.4 is 5.32 Å². The number of benzene rings is 1. The summed E-state index contributed by atoms with van der Waals surface area (Å²) < 4.78 is 5.62. The molecular formula is C21H26N2OS. The Morgan fingerprint density at radius 1 is 1.12 bits per heavy atom. The summed E-state index contributed by atoms with van der Waals surface area (Å²) in [4.78, 5) is 1.25. The monoisotopic (exact) mass is 354 g/mol. The number of aromatic nitrogens is 1. The highest BCUT2D eigenvalue weighted by Gasteiger charge is 2.50. The minimum atomic E-state index is 0.382. The van der Waals surface area contributed by atoms with Crippen LogP contribution >= 0.6 is 11.8 Å². The predicted octanol–water partition coefficient (Wildman–Crippen LogP) is 5.12. The van der Waals surface area contributed by atoms with Crippen LogP contribution in [-0.2, 0) is 6.54 Å². The highest BCUT2D eigenvalue weighted by atomic mass is 32.2. The number of nitrogens with zero attached hydrogens (tertiary/aromatic N) is 1. The smallest absolute Gasteiger partial charge is 0.167 e. The maximum atomic E-state index is 5.62. The fourth-order valence-electron chi connectivity index (χ4n) is 5.91. The lowest BCUT2D eigenvalue weighted by Gasteiger charge is -2.57. The summed E-state index contributed by atoms with van der Waals surface area (Å²) in [6.45, 7) is 0.831. The van der Waals surface area contributed by atoms with E-state index in [1.54, 1.807) is 11.8 Å². The Labute approximate surface area is 153 Å². The largest absolute Gasteiger partial charge is 0.356 e. The van der Waals surface area contributed by atoms with Crippen LogP contribution in [0.2, 0.25) is 0 Å². The predicted molar refractivity (Wildman–Crippen MR) is 101 cm³/mol. The molecule has 4 saturated carbocycles.